The highest BCUT2D eigenvalue weighted by molar-refractivity contribution is 5.26. The van der Waals surface area contributed by atoms with Crippen LogP contribution < -0.4 is 0 Å². The largest absolute Gasteiger partial charge is 0.352 e. The summed E-state index contributed by atoms with van der Waals surface area (Å²) in [4.78, 5) is 2.58. The van der Waals surface area contributed by atoms with Crippen LogP contribution in [0.1, 0.15) is 17.4 Å². The van der Waals surface area contributed by atoms with Crippen molar-refractivity contribution in [2.24, 2.45) is 5.11 Å². The lowest BCUT2D eigenvalue weighted by Gasteiger charge is -2.14. The predicted molar refractivity (Wildman–Crippen MR) is 56.0 cm³/mol. The summed E-state index contributed by atoms with van der Waals surface area (Å²) in [6, 6.07) is 4.41. The van der Waals surface area contributed by atoms with Crippen LogP contribution in [-0.2, 0) is 16.0 Å². The highest BCUT2D eigenvalue weighted by Gasteiger charge is 2.11. The molecular weight excluding hydrogens is 213 g/mol. The molecule has 0 aliphatic heterocycles. The highest BCUT2D eigenvalue weighted by atomic mass is 19.1. The Bertz CT molecular complexity index is 401. The van der Waals surface area contributed by atoms with Gasteiger partial charge in [0.1, 0.15) is 5.82 Å². The number of methoxy groups -OCH3 is 2. The Morgan fingerprint density at radius 3 is 2.69 bits per heavy atom. The van der Waals surface area contributed by atoms with Crippen molar-refractivity contribution >= 4 is 0 Å². The maximum atomic E-state index is 13.3. The summed E-state index contributed by atoms with van der Waals surface area (Å²) in [6.45, 7) is -0.0314. The molecule has 0 unspecified atom stereocenters. The lowest BCUT2D eigenvalue weighted by Crippen LogP contribution is -2.04. The first-order chi connectivity index (χ1) is 7.72. The van der Waals surface area contributed by atoms with Crippen LogP contribution in [0.3, 0.4) is 0 Å². The first kappa shape index (κ1) is 12.4. The van der Waals surface area contributed by atoms with Gasteiger partial charge in [-0.1, -0.05) is 11.2 Å². The molecule has 1 rings (SSSR count). The Hall–Kier alpha value is -1.62. The molecular formula is C10H12FN3O2. The Kier molecular flexibility index (Phi) is 4.72. The van der Waals surface area contributed by atoms with E-state index in [4.69, 9.17) is 15.0 Å². The molecule has 0 heterocycles. The van der Waals surface area contributed by atoms with Crippen LogP contribution in [0.5, 0.6) is 0 Å². The van der Waals surface area contributed by atoms with E-state index in [0.29, 0.717) is 11.1 Å². The number of hydrogen-bond donors (Lipinski definition) is 0. The van der Waals surface area contributed by atoms with Crippen LogP contribution in [-0.4, -0.2) is 14.2 Å². The molecule has 6 heteroatoms. The van der Waals surface area contributed by atoms with Crippen LogP contribution in [0, 0.1) is 5.82 Å². The quantitative estimate of drug-likeness (QED) is 0.334. The molecule has 1 aromatic carbocycles. The smallest absolute Gasteiger partial charge is 0.183 e. The van der Waals surface area contributed by atoms with Crippen LogP contribution in [0.4, 0.5) is 4.39 Å². The van der Waals surface area contributed by atoms with Crippen molar-refractivity contribution in [2.45, 2.75) is 12.8 Å². The van der Waals surface area contributed by atoms with E-state index in [1.165, 1.54) is 20.3 Å². The Morgan fingerprint density at radius 2 is 2.12 bits per heavy atom. The first-order valence-corrected chi connectivity index (χ1v) is 4.57. The van der Waals surface area contributed by atoms with Crippen LogP contribution in [0.2, 0.25) is 0 Å². The van der Waals surface area contributed by atoms with Gasteiger partial charge in [-0.05, 0) is 23.2 Å². The van der Waals surface area contributed by atoms with Crippen molar-refractivity contribution in [3.8, 4) is 0 Å². The van der Waals surface area contributed by atoms with Crippen molar-refractivity contribution in [1.29, 1.82) is 0 Å². The maximum Gasteiger partial charge on any atom is 0.183 e. The van der Waals surface area contributed by atoms with Crippen molar-refractivity contribution in [3.63, 3.8) is 0 Å². The van der Waals surface area contributed by atoms with Gasteiger partial charge in [0.25, 0.3) is 0 Å². The lowest BCUT2D eigenvalue weighted by molar-refractivity contribution is -0.106. The molecule has 0 aliphatic carbocycles. The summed E-state index contributed by atoms with van der Waals surface area (Å²) in [7, 11) is 2.98. The van der Waals surface area contributed by atoms with E-state index in [0.717, 1.165) is 0 Å². The summed E-state index contributed by atoms with van der Waals surface area (Å²) >= 11 is 0. The minimum Gasteiger partial charge on any atom is -0.352 e. The third-order valence-corrected chi connectivity index (χ3v) is 2.07. The topological polar surface area (TPSA) is 67.2 Å². The summed E-state index contributed by atoms with van der Waals surface area (Å²) in [5, 5.41) is 3.31. The number of ether oxygens (including phenoxy) is 2. The lowest BCUT2D eigenvalue weighted by atomic mass is 10.1. The number of rotatable bonds is 5. The molecule has 0 radical (unpaired) electrons. The molecule has 86 valence electrons. The summed E-state index contributed by atoms with van der Waals surface area (Å²) in [5.74, 6) is -0.415. The van der Waals surface area contributed by atoms with Gasteiger partial charge in [0.05, 0.1) is 6.54 Å². The van der Waals surface area contributed by atoms with Crippen molar-refractivity contribution in [3.05, 3.63) is 45.6 Å². The average Bonchev–Trinajstić information content (AvgIpc) is 2.31. The van der Waals surface area contributed by atoms with Gasteiger partial charge in [-0.3, -0.25) is 0 Å². The van der Waals surface area contributed by atoms with Crippen molar-refractivity contribution < 1.29 is 13.9 Å². The number of halogens is 1. The van der Waals surface area contributed by atoms with Gasteiger partial charge in [0, 0.05) is 24.7 Å². The third kappa shape index (κ3) is 2.93. The van der Waals surface area contributed by atoms with Gasteiger partial charge in [-0.2, -0.15) is 0 Å². The van der Waals surface area contributed by atoms with E-state index in [-0.39, 0.29) is 6.54 Å². The molecule has 0 bridgehead atoms. The molecule has 5 nitrogen and oxygen atoms in total. The van der Waals surface area contributed by atoms with Gasteiger partial charge in [-0.25, -0.2) is 4.39 Å². The molecule has 0 fully saturated rings. The van der Waals surface area contributed by atoms with Gasteiger partial charge in [0.2, 0.25) is 0 Å². The van der Waals surface area contributed by atoms with Crippen molar-refractivity contribution in [2.75, 3.05) is 14.2 Å². The summed E-state index contributed by atoms with van der Waals surface area (Å²) in [5.41, 5.74) is 9.17. The van der Waals surface area contributed by atoms with E-state index < -0.39 is 12.1 Å². The third-order valence-electron chi connectivity index (χ3n) is 2.07. The van der Waals surface area contributed by atoms with Crippen LogP contribution in [0.15, 0.2) is 23.3 Å². The Labute approximate surface area is 92.4 Å². The molecule has 0 spiro atoms. The van der Waals surface area contributed by atoms with E-state index in [2.05, 4.69) is 10.0 Å². The second-order valence-electron chi connectivity index (χ2n) is 3.04. The first-order valence-electron chi connectivity index (χ1n) is 4.57. The molecule has 16 heavy (non-hydrogen) atoms. The normalized spacial score (nSPS) is 10.2. The molecule has 0 atom stereocenters. The zero-order chi connectivity index (χ0) is 12.0. The zero-order valence-electron chi connectivity index (χ0n) is 9.05. The molecule has 1 aromatic rings. The molecule has 0 saturated heterocycles. The van der Waals surface area contributed by atoms with Gasteiger partial charge >= 0.3 is 0 Å². The molecule has 0 aromatic heterocycles. The minimum absolute atomic E-state index is 0.0314. The zero-order valence-corrected chi connectivity index (χ0v) is 9.05. The van der Waals surface area contributed by atoms with Gasteiger partial charge < -0.3 is 9.47 Å². The fourth-order valence-electron chi connectivity index (χ4n) is 1.34. The summed E-state index contributed by atoms with van der Waals surface area (Å²) < 4.78 is 23.4. The number of azide groups is 1. The predicted octanol–water partition coefficient (Wildman–Crippen LogP) is 2.93. The van der Waals surface area contributed by atoms with E-state index in [9.17, 15) is 4.39 Å². The van der Waals surface area contributed by atoms with Crippen LogP contribution in [0.25, 0.3) is 10.4 Å². The molecule has 0 amide bonds. The number of nitrogens with zero attached hydrogens (tertiary/aromatic N) is 3. The molecule has 0 saturated carbocycles. The van der Waals surface area contributed by atoms with E-state index >= 15 is 0 Å². The van der Waals surface area contributed by atoms with Gasteiger partial charge in [-0.15, -0.1) is 0 Å². The molecule has 0 N–H and O–H groups in total. The second kappa shape index (κ2) is 6.07. The SMILES string of the molecule is COC(OC)c1ccc(F)c(CN=[N+]=[N-])c1. The van der Waals surface area contributed by atoms with E-state index in [1.807, 2.05) is 0 Å². The standard InChI is InChI=1S/C10H12FN3O2/c1-15-10(16-2)7-3-4-9(11)8(5-7)6-13-14-12/h3-5,10H,6H2,1-2H3. The fraction of sp³-hybridized carbons (Fsp3) is 0.400. The maximum absolute atomic E-state index is 13.3. The highest BCUT2D eigenvalue weighted by Crippen LogP contribution is 2.20. The monoisotopic (exact) mass is 225 g/mol. The second-order valence-corrected chi connectivity index (χ2v) is 3.04. The number of hydrogen-bond acceptors (Lipinski definition) is 3. The van der Waals surface area contributed by atoms with E-state index in [1.54, 1.807) is 12.1 Å². The summed E-state index contributed by atoms with van der Waals surface area (Å²) in [6.07, 6.45) is -0.551. The average molecular weight is 225 g/mol. The Morgan fingerprint density at radius 1 is 1.44 bits per heavy atom. The van der Waals surface area contributed by atoms with Crippen molar-refractivity contribution in [1.82, 2.24) is 0 Å². The fourth-order valence-corrected chi connectivity index (χ4v) is 1.34. The minimum atomic E-state index is -0.551. The Balaban J connectivity index is 3.00. The van der Waals surface area contributed by atoms with Gasteiger partial charge in [0.15, 0.2) is 6.29 Å². The number of benzene rings is 1. The molecule has 0 aliphatic rings. The van der Waals surface area contributed by atoms with Crippen LogP contribution >= 0.6 is 0 Å².